The highest BCUT2D eigenvalue weighted by Crippen LogP contribution is 2.38. The molecule has 0 amide bonds. The summed E-state index contributed by atoms with van der Waals surface area (Å²) in [4.78, 5) is 19.4. The summed E-state index contributed by atoms with van der Waals surface area (Å²) in [5, 5.41) is 0.735. The van der Waals surface area contributed by atoms with Gasteiger partial charge in [-0.25, -0.2) is 15.0 Å². The van der Waals surface area contributed by atoms with Gasteiger partial charge in [-0.2, -0.15) is 0 Å². The number of hydrogen-bond acceptors (Lipinski definition) is 5. The molecule has 1 saturated carbocycles. The van der Waals surface area contributed by atoms with Crippen molar-refractivity contribution in [2.75, 3.05) is 36.0 Å². The predicted molar refractivity (Wildman–Crippen MR) is 139 cm³/mol. The Labute approximate surface area is 205 Å². The molecule has 1 aliphatic carbocycles. The Morgan fingerprint density at radius 2 is 1.50 bits per heavy atom. The normalized spacial score (nSPS) is 17.1. The average Bonchev–Trinajstić information content (AvgIpc) is 3.53. The topological polar surface area (TPSA) is 50.1 Å². The first-order valence-corrected chi connectivity index (χ1v) is 12.6. The highest BCUT2D eigenvalue weighted by Gasteiger charge is 2.28. The molecule has 0 N–H and O–H groups in total. The number of nitrogens with zero attached hydrogens (tertiary/aromatic N) is 6. The van der Waals surface area contributed by atoms with Crippen molar-refractivity contribution in [3.8, 4) is 11.4 Å². The van der Waals surface area contributed by atoms with Gasteiger partial charge in [0.15, 0.2) is 17.0 Å². The molecule has 2 aromatic heterocycles. The molecule has 2 aromatic carbocycles. The molecule has 0 atom stereocenters. The number of anilines is 2. The molecule has 6 rings (SSSR count). The van der Waals surface area contributed by atoms with Crippen molar-refractivity contribution < 1.29 is 0 Å². The number of rotatable bonds is 4. The summed E-state index contributed by atoms with van der Waals surface area (Å²) in [6, 6.07) is 17.2. The van der Waals surface area contributed by atoms with Gasteiger partial charge in [-0.1, -0.05) is 42.1 Å². The monoisotopic (exact) mass is 472 g/mol. The standard InChI is InChI=1S/C27H29ClN6/c1-19-6-12-22(13-7-19)32-14-16-33(17-15-32)26-24-27(30-18-29-26)34(23-4-2-3-5-23)25(31-24)20-8-10-21(28)11-9-20/h6-13,18,23H,2-5,14-17H2,1H3. The second-order valence-corrected chi connectivity index (χ2v) is 9.87. The van der Waals surface area contributed by atoms with Crippen LogP contribution in [-0.2, 0) is 0 Å². The van der Waals surface area contributed by atoms with Crippen LogP contribution in [0.1, 0.15) is 37.3 Å². The van der Waals surface area contributed by atoms with E-state index in [2.05, 4.69) is 57.7 Å². The highest BCUT2D eigenvalue weighted by atomic mass is 35.5. The molecule has 0 radical (unpaired) electrons. The number of aryl methyl sites for hydroxylation is 1. The zero-order valence-corrected chi connectivity index (χ0v) is 20.2. The number of fused-ring (bicyclic) bond motifs is 1. The van der Waals surface area contributed by atoms with E-state index < -0.39 is 0 Å². The molecule has 2 aliphatic rings. The third-order valence-electron chi connectivity index (χ3n) is 7.23. The maximum Gasteiger partial charge on any atom is 0.166 e. The van der Waals surface area contributed by atoms with Crippen molar-refractivity contribution in [3.63, 3.8) is 0 Å². The van der Waals surface area contributed by atoms with Crippen LogP contribution >= 0.6 is 11.6 Å². The number of hydrogen-bond donors (Lipinski definition) is 0. The van der Waals surface area contributed by atoms with Crippen molar-refractivity contribution in [3.05, 3.63) is 65.4 Å². The largest absolute Gasteiger partial charge is 0.368 e. The molecule has 34 heavy (non-hydrogen) atoms. The van der Waals surface area contributed by atoms with E-state index in [0.717, 1.165) is 59.6 Å². The van der Waals surface area contributed by atoms with E-state index >= 15 is 0 Å². The SMILES string of the molecule is Cc1ccc(N2CCN(c3ncnc4c3nc(-c3ccc(Cl)cc3)n4C3CCCC3)CC2)cc1. The van der Waals surface area contributed by atoms with Gasteiger partial charge in [-0.05, 0) is 56.2 Å². The molecule has 3 heterocycles. The first kappa shape index (κ1) is 21.4. The maximum absolute atomic E-state index is 6.18. The van der Waals surface area contributed by atoms with Crippen LogP contribution in [0.25, 0.3) is 22.6 Å². The van der Waals surface area contributed by atoms with E-state index in [9.17, 15) is 0 Å². The van der Waals surface area contributed by atoms with Gasteiger partial charge in [0.1, 0.15) is 12.2 Å². The van der Waals surface area contributed by atoms with Crippen molar-refractivity contribution in [2.24, 2.45) is 0 Å². The number of benzene rings is 2. The Balaban J connectivity index is 1.35. The van der Waals surface area contributed by atoms with Gasteiger partial charge in [0.2, 0.25) is 0 Å². The van der Waals surface area contributed by atoms with Crippen LogP contribution in [0.15, 0.2) is 54.9 Å². The lowest BCUT2D eigenvalue weighted by Gasteiger charge is -2.36. The molecular formula is C27H29ClN6. The summed E-state index contributed by atoms with van der Waals surface area (Å²) in [6.45, 7) is 5.87. The van der Waals surface area contributed by atoms with Crippen LogP contribution in [0.3, 0.4) is 0 Å². The lowest BCUT2D eigenvalue weighted by atomic mass is 10.2. The summed E-state index contributed by atoms with van der Waals surface area (Å²) < 4.78 is 2.36. The molecule has 1 saturated heterocycles. The first-order valence-electron chi connectivity index (χ1n) is 12.2. The molecule has 7 heteroatoms. The van der Waals surface area contributed by atoms with E-state index in [-0.39, 0.29) is 0 Å². The Kier molecular flexibility index (Phi) is 5.61. The minimum Gasteiger partial charge on any atom is -0.368 e. The van der Waals surface area contributed by atoms with E-state index in [1.165, 1.54) is 36.9 Å². The van der Waals surface area contributed by atoms with Gasteiger partial charge in [-0.15, -0.1) is 0 Å². The summed E-state index contributed by atoms with van der Waals surface area (Å²) in [6.07, 6.45) is 6.55. The van der Waals surface area contributed by atoms with E-state index in [0.29, 0.717) is 6.04 Å². The molecule has 174 valence electrons. The average molecular weight is 473 g/mol. The van der Waals surface area contributed by atoms with Gasteiger partial charge < -0.3 is 14.4 Å². The fourth-order valence-corrected chi connectivity index (χ4v) is 5.50. The minimum absolute atomic E-state index is 0.428. The summed E-state index contributed by atoms with van der Waals surface area (Å²) in [5.41, 5.74) is 5.50. The zero-order chi connectivity index (χ0) is 23.1. The Morgan fingerprint density at radius 3 is 2.21 bits per heavy atom. The molecular weight excluding hydrogens is 444 g/mol. The molecule has 4 aromatic rings. The maximum atomic E-state index is 6.18. The second-order valence-electron chi connectivity index (χ2n) is 9.43. The van der Waals surface area contributed by atoms with E-state index in [4.69, 9.17) is 26.6 Å². The second kappa shape index (κ2) is 8.91. The van der Waals surface area contributed by atoms with Crippen molar-refractivity contribution in [2.45, 2.75) is 38.6 Å². The molecule has 0 bridgehead atoms. The molecule has 6 nitrogen and oxygen atoms in total. The van der Waals surface area contributed by atoms with Crippen LogP contribution in [0.5, 0.6) is 0 Å². The van der Waals surface area contributed by atoms with Crippen molar-refractivity contribution in [1.29, 1.82) is 0 Å². The number of piperazine rings is 1. The van der Waals surface area contributed by atoms with Crippen LogP contribution in [0.2, 0.25) is 5.02 Å². The number of aromatic nitrogens is 4. The predicted octanol–water partition coefficient (Wildman–Crippen LogP) is 5.90. The van der Waals surface area contributed by atoms with Crippen molar-refractivity contribution >= 4 is 34.3 Å². The van der Waals surface area contributed by atoms with E-state index in [1.54, 1.807) is 6.33 Å². The highest BCUT2D eigenvalue weighted by molar-refractivity contribution is 6.30. The minimum atomic E-state index is 0.428. The summed E-state index contributed by atoms with van der Waals surface area (Å²) in [7, 11) is 0. The smallest absolute Gasteiger partial charge is 0.166 e. The fraction of sp³-hybridized carbons (Fsp3) is 0.370. The molecule has 2 fully saturated rings. The molecule has 0 unspecified atom stereocenters. The quantitative estimate of drug-likeness (QED) is 0.370. The van der Waals surface area contributed by atoms with Crippen molar-refractivity contribution in [1.82, 2.24) is 19.5 Å². The van der Waals surface area contributed by atoms with Gasteiger partial charge in [0, 0.05) is 48.5 Å². The van der Waals surface area contributed by atoms with Crippen LogP contribution < -0.4 is 9.80 Å². The molecule has 1 aliphatic heterocycles. The third-order valence-corrected chi connectivity index (χ3v) is 7.48. The fourth-order valence-electron chi connectivity index (χ4n) is 5.37. The Hall–Kier alpha value is -3.12. The van der Waals surface area contributed by atoms with Gasteiger partial charge in [0.25, 0.3) is 0 Å². The van der Waals surface area contributed by atoms with Crippen LogP contribution in [0.4, 0.5) is 11.5 Å². The lowest BCUT2D eigenvalue weighted by Crippen LogP contribution is -2.47. The lowest BCUT2D eigenvalue weighted by molar-refractivity contribution is 0.534. The summed E-state index contributed by atoms with van der Waals surface area (Å²) >= 11 is 6.18. The third kappa shape index (κ3) is 3.90. The van der Waals surface area contributed by atoms with Crippen LogP contribution in [-0.4, -0.2) is 45.7 Å². The van der Waals surface area contributed by atoms with E-state index in [1.807, 2.05) is 12.1 Å². The zero-order valence-electron chi connectivity index (χ0n) is 19.5. The molecule has 0 spiro atoms. The first-order chi connectivity index (χ1) is 16.7. The van der Waals surface area contributed by atoms with Gasteiger partial charge in [-0.3, -0.25) is 0 Å². The Bertz CT molecular complexity index is 1280. The Morgan fingerprint density at radius 1 is 0.824 bits per heavy atom. The number of imidazole rings is 1. The summed E-state index contributed by atoms with van der Waals surface area (Å²) in [5.74, 6) is 1.92. The van der Waals surface area contributed by atoms with Crippen LogP contribution in [0, 0.1) is 6.92 Å². The van der Waals surface area contributed by atoms with Gasteiger partial charge >= 0.3 is 0 Å². The van der Waals surface area contributed by atoms with Gasteiger partial charge in [0.05, 0.1) is 0 Å². The number of halogens is 1.